The van der Waals surface area contributed by atoms with E-state index in [1.807, 2.05) is 30.3 Å². The van der Waals surface area contributed by atoms with Gasteiger partial charge in [-0.25, -0.2) is 4.79 Å². The molecule has 0 bridgehead atoms. The van der Waals surface area contributed by atoms with Crippen molar-refractivity contribution < 1.29 is 23.7 Å². The van der Waals surface area contributed by atoms with E-state index < -0.39 is 0 Å². The summed E-state index contributed by atoms with van der Waals surface area (Å²) < 4.78 is 24.2. The van der Waals surface area contributed by atoms with Gasteiger partial charge in [-0.3, -0.25) is 4.90 Å². The van der Waals surface area contributed by atoms with Crippen LogP contribution in [0.5, 0.6) is 5.75 Å². The molecule has 1 unspecified atom stereocenters. The van der Waals surface area contributed by atoms with Crippen LogP contribution in [0.1, 0.15) is 74.0 Å². The summed E-state index contributed by atoms with van der Waals surface area (Å²) in [5.74, 6) is 0.357. The molecule has 0 heterocycles. The van der Waals surface area contributed by atoms with E-state index in [2.05, 4.69) is 93.3 Å². The van der Waals surface area contributed by atoms with Crippen LogP contribution in [0.3, 0.4) is 0 Å². The Kier molecular flexibility index (Phi) is 14.0. The lowest BCUT2D eigenvalue weighted by molar-refractivity contribution is -0.0889. The fourth-order valence-corrected chi connectivity index (χ4v) is 5.19. The summed E-state index contributed by atoms with van der Waals surface area (Å²) in [4.78, 5) is 14.8. The van der Waals surface area contributed by atoms with Crippen molar-refractivity contribution in [1.29, 1.82) is 0 Å². The summed E-state index contributed by atoms with van der Waals surface area (Å²) in [6, 6.07) is 38.0. The summed E-state index contributed by atoms with van der Waals surface area (Å²) in [7, 11) is 0. The Morgan fingerprint density at radius 1 is 0.638 bits per heavy atom. The predicted octanol–water partition coefficient (Wildman–Crippen LogP) is 8.89. The van der Waals surface area contributed by atoms with Crippen molar-refractivity contribution in [2.75, 3.05) is 26.4 Å². The van der Waals surface area contributed by atoms with Crippen molar-refractivity contribution in [1.82, 2.24) is 4.90 Å². The molecule has 0 saturated carbocycles. The molecule has 4 aromatic carbocycles. The van der Waals surface area contributed by atoms with E-state index >= 15 is 0 Å². The van der Waals surface area contributed by atoms with Crippen LogP contribution in [-0.2, 0) is 33.9 Å². The SMILES string of the molecule is CCC(C)(CCOC(C)(C)CCOc1ccc(C(=O)OCc2ccccc2)cc1)OCCN(Cc1ccccc1)Cc1ccccc1. The fraction of sp³-hybridized carbons (Fsp3) is 0.390. The molecule has 4 rings (SSSR count). The van der Waals surface area contributed by atoms with Crippen LogP contribution in [0, 0.1) is 0 Å². The van der Waals surface area contributed by atoms with E-state index in [4.69, 9.17) is 18.9 Å². The molecule has 0 fully saturated rings. The molecular weight excluding hydrogens is 586 g/mol. The number of rotatable bonds is 20. The van der Waals surface area contributed by atoms with Crippen LogP contribution in [-0.4, -0.2) is 48.4 Å². The fourth-order valence-electron chi connectivity index (χ4n) is 5.19. The van der Waals surface area contributed by atoms with Gasteiger partial charge in [0, 0.05) is 26.1 Å². The molecule has 6 nitrogen and oxygen atoms in total. The third-order valence-corrected chi connectivity index (χ3v) is 8.50. The van der Waals surface area contributed by atoms with E-state index in [1.165, 1.54) is 11.1 Å². The highest BCUT2D eigenvalue weighted by Crippen LogP contribution is 2.24. The van der Waals surface area contributed by atoms with Gasteiger partial charge in [0.2, 0.25) is 0 Å². The molecule has 0 N–H and O–H groups in total. The molecule has 0 saturated heterocycles. The molecule has 250 valence electrons. The first-order valence-corrected chi connectivity index (χ1v) is 16.8. The zero-order valence-corrected chi connectivity index (χ0v) is 28.5. The van der Waals surface area contributed by atoms with Gasteiger partial charge in [0.15, 0.2) is 0 Å². The molecule has 0 aliphatic rings. The van der Waals surface area contributed by atoms with Crippen molar-refractivity contribution in [2.45, 2.75) is 77.9 Å². The largest absolute Gasteiger partial charge is 0.493 e. The first-order valence-electron chi connectivity index (χ1n) is 16.8. The summed E-state index contributed by atoms with van der Waals surface area (Å²) in [5.41, 5.74) is 3.45. The quantitative estimate of drug-likeness (QED) is 0.0903. The van der Waals surface area contributed by atoms with Crippen LogP contribution in [0.2, 0.25) is 0 Å². The summed E-state index contributed by atoms with van der Waals surface area (Å²) in [6.45, 7) is 13.2. The van der Waals surface area contributed by atoms with Crippen LogP contribution in [0.4, 0.5) is 0 Å². The minimum Gasteiger partial charge on any atom is -0.493 e. The molecule has 1 atom stereocenters. The lowest BCUT2D eigenvalue weighted by Crippen LogP contribution is -2.36. The summed E-state index contributed by atoms with van der Waals surface area (Å²) in [6.07, 6.45) is 2.45. The van der Waals surface area contributed by atoms with Gasteiger partial charge in [-0.15, -0.1) is 0 Å². The molecule has 0 amide bonds. The average Bonchev–Trinajstić information content (AvgIpc) is 3.08. The van der Waals surface area contributed by atoms with Crippen molar-refractivity contribution >= 4 is 5.97 Å². The van der Waals surface area contributed by atoms with E-state index in [0.717, 1.165) is 44.5 Å². The smallest absolute Gasteiger partial charge is 0.338 e. The van der Waals surface area contributed by atoms with Gasteiger partial charge in [-0.05, 0) is 74.6 Å². The van der Waals surface area contributed by atoms with Gasteiger partial charge >= 0.3 is 5.97 Å². The first kappa shape index (κ1) is 35.9. The average molecular weight is 638 g/mol. The zero-order chi connectivity index (χ0) is 33.4. The Morgan fingerprint density at radius 3 is 1.74 bits per heavy atom. The summed E-state index contributed by atoms with van der Waals surface area (Å²) >= 11 is 0. The van der Waals surface area contributed by atoms with E-state index in [1.54, 1.807) is 24.3 Å². The maximum atomic E-state index is 12.4. The predicted molar refractivity (Wildman–Crippen MR) is 188 cm³/mol. The van der Waals surface area contributed by atoms with Crippen molar-refractivity contribution in [3.63, 3.8) is 0 Å². The lowest BCUT2D eigenvalue weighted by Gasteiger charge is -2.33. The maximum absolute atomic E-state index is 12.4. The highest BCUT2D eigenvalue weighted by molar-refractivity contribution is 5.89. The number of carbonyl (C=O) groups is 1. The van der Waals surface area contributed by atoms with Crippen LogP contribution < -0.4 is 4.74 Å². The first-order chi connectivity index (χ1) is 22.7. The second kappa shape index (κ2) is 18.4. The second-order valence-corrected chi connectivity index (χ2v) is 12.9. The third kappa shape index (κ3) is 13.0. The molecule has 4 aromatic rings. The van der Waals surface area contributed by atoms with E-state index in [-0.39, 0.29) is 23.8 Å². The van der Waals surface area contributed by atoms with Crippen LogP contribution >= 0.6 is 0 Å². The van der Waals surface area contributed by atoms with Gasteiger partial charge in [0.1, 0.15) is 12.4 Å². The standard InChI is InChI=1S/C41H51NO5/c1-5-41(4,47-30-27-42(31-34-15-9-6-10-16-34)32-35-17-11-7-12-18-35)26-29-46-40(2,3)25-28-44-38-23-21-37(22-24-38)39(43)45-33-36-19-13-8-14-20-36/h6-24H,5,25-33H2,1-4H3. The monoisotopic (exact) mass is 637 g/mol. The minimum absolute atomic E-state index is 0.249. The van der Waals surface area contributed by atoms with Gasteiger partial charge in [0.05, 0.1) is 36.6 Å². The molecule has 0 aliphatic heterocycles. The topological polar surface area (TPSA) is 57.2 Å². The normalized spacial score (nSPS) is 12.9. The summed E-state index contributed by atoms with van der Waals surface area (Å²) in [5, 5.41) is 0. The Morgan fingerprint density at radius 2 is 1.19 bits per heavy atom. The minimum atomic E-state index is -0.352. The lowest BCUT2D eigenvalue weighted by atomic mass is 9.99. The Hall–Kier alpha value is -3.97. The third-order valence-electron chi connectivity index (χ3n) is 8.50. The van der Waals surface area contributed by atoms with E-state index in [0.29, 0.717) is 31.1 Å². The van der Waals surface area contributed by atoms with Gasteiger partial charge in [-0.1, -0.05) is 97.9 Å². The number of ether oxygens (including phenoxy) is 4. The number of carbonyl (C=O) groups excluding carboxylic acids is 1. The molecule has 0 aromatic heterocycles. The van der Waals surface area contributed by atoms with Crippen molar-refractivity contribution in [3.8, 4) is 5.75 Å². The number of esters is 1. The van der Waals surface area contributed by atoms with Gasteiger partial charge < -0.3 is 18.9 Å². The maximum Gasteiger partial charge on any atom is 0.338 e. The molecular formula is C41H51NO5. The Labute approximate surface area is 281 Å². The van der Waals surface area contributed by atoms with Crippen molar-refractivity contribution in [3.05, 3.63) is 138 Å². The van der Waals surface area contributed by atoms with E-state index in [9.17, 15) is 4.79 Å². The molecule has 0 radical (unpaired) electrons. The molecule has 47 heavy (non-hydrogen) atoms. The zero-order valence-electron chi connectivity index (χ0n) is 28.5. The van der Waals surface area contributed by atoms with Gasteiger partial charge in [0.25, 0.3) is 0 Å². The molecule has 6 heteroatoms. The number of benzene rings is 4. The number of hydrogen-bond acceptors (Lipinski definition) is 6. The second-order valence-electron chi connectivity index (χ2n) is 12.9. The Balaban J connectivity index is 1.16. The van der Waals surface area contributed by atoms with Gasteiger partial charge in [-0.2, -0.15) is 0 Å². The van der Waals surface area contributed by atoms with Crippen LogP contribution in [0.15, 0.2) is 115 Å². The number of nitrogens with zero attached hydrogens (tertiary/aromatic N) is 1. The highest BCUT2D eigenvalue weighted by atomic mass is 16.5. The van der Waals surface area contributed by atoms with Crippen LogP contribution in [0.25, 0.3) is 0 Å². The highest BCUT2D eigenvalue weighted by Gasteiger charge is 2.26. The molecule has 0 spiro atoms. The molecule has 0 aliphatic carbocycles. The van der Waals surface area contributed by atoms with Crippen molar-refractivity contribution in [2.24, 2.45) is 0 Å². The Bertz CT molecular complexity index is 1400. The number of hydrogen-bond donors (Lipinski definition) is 0.